The maximum atomic E-state index is 13.3. The van der Waals surface area contributed by atoms with Gasteiger partial charge in [-0.15, -0.1) is 11.8 Å². The van der Waals surface area contributed by atoms with Crippen LogP contribution in [-0.2, 0) is 11.8 Å². The highest BCUT2D eigenvalue weighted by molar-refractivity contribution is 9.08. The molecule has 4 rings (SSSR count). The summed E-state index contributed by atoms with van der Waals surface area (Å²) < 4.78 is 17.1. The second-order valence-electron chi connectivity index (χ2n) is 8.17. The molecule has 0 aliphatic heterocycles. The van der Waals surface area contributed by atoms with E-state index in [0.29, 0.717) is 46.0 Å². The third-order valence-corrected chi connectivity index (χ3v) is 7.55. The number of aromatic nitrogens is 1. The van der Waals surface area contributed by atoms with Gasteiger partial charge in [0.25, 0.3) is 5.91 Å². The summed E-state index contributed by atoms with van der Waals surface area (Å²) in [6.07, 6.45) is 3.06. The van der Waals surface area contributed by atoms with Crippen molar-refractivity contribution in [2.75, 3.05) is 27.6 Å². The van der Waals surface area contributed by atoms with Crippen LogP contribution in [0.5, 0.6) is 17.2 Å². The minimum Gasteiger partial charge on any atom is -0.493 e. The number of fused-ring (bicyclic) bond motifs is 3. The van der Waals surface area contributed by atoms with Crippen molar-refractivity contribution >= 4 is 33.6 Å². The lowest BCUT2D eigenvalue weighted by atomic mass is 9.95. The molecule has 1 N–H and O–H groups in total. The van der Waals surface area contributed by atoms with E-state index in [1.54, 1.807) is 39.5 Å². The summed E-state index contributed by atoms with van der Waals surface area (Å²) in [6.45, 7) is 0. The molecule has 1 aromatic heterocycles. The zero-order valence-electron chi connectivity index (χ0n) is 20.5. The number of carbonyl (C=O) groups is 1. The van der Waals surface area contributed by atoms with Crippen LogP contribution in [0, 0.1) is 0 Å². The summed E-state index contributed by atoms with van der Waals surface area (Å²) in [4.78, 5) is 31.4. The van der Waals surface area contributed by atoms with Crippen LogP contribution in [0.25, 0.3) is 11.1 Å². The minimum atomic E-state index is -0.425. The van der Waals surface area contributed by atoms with Crippen molar-refractivity contribution in [1.82, 2.24) is 10.3 Å². The van der Waals surface area contributed by atoms with E-state index in [4.69, 9.17) is 14.2 Å². The first-order valence-electron chi connectivity index (χ1n) is 11.3. The molecule has 1 amide bonds. The van der Waals surface area contributed by atoms with Crippen LogP contribution >= 0.6 is 27.7 Å². The Morgan fingerprint density at radius 3 is 2.56 bits per heavy atom. The normalized spacial score (nSPS) is 14.2. The Labute approximate surface area is 222 Å². The summed E-state index contributed by atoms with van der Waals surface area (Å²) in [5.41, 5.74) is 4.29. The van der Waals surface area contributed by atoms with E-state index in [-0.39, 0.29) is 11.3 Å². The number of pyridine rings is 1. The zero-order chi connectivity index (χ0) is 25.8. The Kier molecular flexibility index (Phi) is 8.21. The number of hydrogen-bond donors (Lipinski definition) is 1. The third kappa shape index (κ3) is 4.95. The van der Waals surface area contributed by atoms with Gasteiger partial charge < -0.3 is 19.5 Å². The van der Waals surface area contributed by atoms with Gasteiger partial charge in [-0.05, 0) is 66.1 Å². The fourth-order valence-corrected chi connectivity index (χ4v) is 5.31. The van der Waals surface area contributed by atoms with Gasteiger partial charge in [0.1, 0.15) is 5.69 Å². The largest absolute Gasteiger partial charge is 0.493 e. The number of methoxy groups -OCH3 is 3. The van der Waals surface area contributed by atoms with Crippen molar-refractivity contribution in [3.63, 3.8) is 0 Å². The van der Waals surface area contributed by atoms with Crippen LogP contribution in [0.3, 0.4) is 0 Å². The highest BCUT2D eigenvalue weighted by Gasteiger charge is 2.30. The van der Waals surface area contributed by atoms with E-state index < -0.39 is 6.04 Å². The van der Waals surface area contributed by atoms with Crippen molar-refractivity contribution < 1.29 is 19.0 Å². The molecule has 0 fully saturated rings. The molecule has 0 radical (unpaired) electrons. The topological polar surface area (TPSA) is 86.8 Å². The molecule has 0 saturated heterocycles. The van der Waals surface area contributed by atoms with Gasteiger partial charge in [0.05, 0.1) is 38.0 Å². The maximum absolute atomic E-state index is 13.3. The van der Waals surface area contributed by atoms with Crippen LogP contribution in [0.4, 0.5) is 0 Å². The minimum absolute atomic E-state index is 0.106. The van der Waals surface area contributed by atoms with Gasteiger partial charge in [-0.2, -0.15) is 0 Å². The molecular weight excluding hydrogens is 544 g/mol. The van der Waals surface area contributed by atoms with Crippen molar-refractivity contribution in [3.05, 3.63) is 75.2 Å². The molecule has 2 aromatic carbocycles. The van der Waals surface area contributed by atoms with Crippen molar-refractivity contribution in [3.8, 4) is 28.4 Å². The molecule has 1 aliphatic carbocycles. The number of halogens is 1. The molecule has 7 nitrogen and oxygen atoms in total. The Morgan fingerprint density at radius 2 is 1.89 bits per heavy atom. The van der Waals surface area contributed by atoms with Gasteiger partial charge in [0, 0.05) is 10.9 Å². The average molecular weight is 571 g/mol. The Balaban J connectivity index is 1.91. The summed E-state index contributed by atoms with van der Waals surface area (Å²) in [6, 6.07) is 12.2. The summed E-state index contributed by atoms with van der Waals surface area (Å²) in [7, 11) is 4.73. The van der Waals surface area contributed by atoms with Crippen molar-refractivity contribution in [2.24, 2.45) is 0 Å². The Morgan fingerprint density at radius 1 is 1.11 bits per heavy atom. The van der Waals surface area contributed by atoms with E-state index in [2.05, 4.69) is 26.2 Å². The molecule has 3 aromatic rings. The standard InChI is InChI=1S/C27H27BrN2O5S/c1-33-22-12-15-8-10-19(30-27(32)20-7-5-6-16(14-28)29-20)18-13-21(31)23(36-4)11-9-17(18)24(15)26(35-3)25(22)34-2/h5-7,9,11-13,19H,8,10,14H2,1-4H3,(H,30,32)/t19-/m0/s1. The van der Waals surface area contributed by atoms with Crippen molar-refractivity contribution in [1.29, 1.82) is 0 Å². The van der Waals surface area contributed by atoms with E-state index in [1.807, 2.05) is 30.5 Å². The number of amides is 1. The SMILES string of the molecule is COc1cc2c(c(OC)c1OC)-c1ccc(SC)c(=O)cc1[C@@H](NC(=O)c1cccc(CBr)n1)CC2. The maximum Gasteiger partial charge on any atom is 0.270 e. The van der Waals surface area contributed by atoms with Gasteiger partial charge in [-0.1, -0.05) is 28.1 Å². The second-order valence-corrected chi connectivity index (χ2v) is 9.58. The van der Waals surface area contributed by atoms with Crippen LogP contribution in [0.15, 0.2) is 52.2 Å². The van der Waals surface area contributed by atoms with Crippen LogP contribution in [-0.4, -0.2) is 38.5 Å². The predicted octanol–water partition coefficient (Wildman–Crippen LogP) is 5.17. The number of ether oxygens (including phenoxy) is 3. The fourth-order valence-electron chi connectivity index (χ4n) is 4.53. The molecule has 1 heterocycles. The van der Waals surface area contributed by atoms with Gasteiger partial charge in [0.15, 0.2) is 16.9 Å². The van der Waals surface area contributed by atoms with E-state index in [0.717, 1.165) is 27.9 Å². The number of alkyl halides is 1. The highest BCUT2D eigenvalue weighted by Crippen LogP contribution is 2.50. The smallest absolute Gasteiger partial charge is 0.270 e. The van der Waals surface area contributed by atoms with Crippen molar-refractivity contribution in [2.45, 2.75) is 29.1 Å². The van der Waals surface area contributed by atoms with Gasteiger partial charge in [-0.25, -0.2) is 4.98 Å². The summed E-state index contributed by atoms with van der Waals surface area (Å²) in [5.74, 6) is 1.26. The van der Waals surface area contributed by atoms with Gasteiger partial charge in [0.2, 0.25) is 5.75 Å². The Bertz CT molecular complexity index is 1360. The fraction of sp³-hybridized carbons (Fsp3) is 0.296. The van der Waals surface area contributed by atoms with E-state index in [1.165, 1.54) is 11.8 Å². The number of rotatable bonds is 7. The lowest BCUT2D eigenvalue weighted by Crippen LogP contribution is -2.30. The Hall–Kier alpha value is -3.04. The number of nitrogens with zero attached hydrogens (tertiary/aromatic N) is 1. The average Bonchev–Trinajstić information content (AvgIpc) is 3.15. The van der Waals surface area contributed by atoms with Gasteiger partial charge >= 0.3 is 0 Å². The molecule has 36 heavy (non-hydrogen) atoms. The molecule has 1 atom stereocenters. The summed E-state index contributed by atoms with van der Waals surface area (Å²) >= 11 is 4.77. The summed E-state index contributed by atoms with van der Waals surface area (Å²) in [5, 5.41) is 3.67. The molecule has 188 valence electrons. The zero-order valence-corrected chi connectivity index (χ0v) is 22.9. The quantitative estimate of drug-likeness (QED) is 0.310. The number of thioether (sulfide) groups is 1. The second kappa shape index (κ2) is 11.3. The number of benzene rings is 1. The first kappa shape index (κ1) is 26.0. The molecular formula is C27H27BrN2O5S. The number of hydrogen-bond acceptors (Lipinski definition) is 7. The number of nitrogens with one attached hydrogen (secondary N) is 1. The lowest BCUT2D eigenvalue weighted by molar-refractivity contribution is 0.0929. The first-order valence-corrected chi connectivity index (χ1v) is 13.7. The molecule has 0 bridgehead atoms. The number of carbonyl (C=O) groups excluding carboxylic acids is 1. The monoisotopic (exact) mass is 570 g/mol. The molecule has 0 spiro atoms. The molecule has 1 aliphatic rings. The first-order chi connectivity index (χ1) is 17.4. The highest BCUT2D eigenvalue weighted by atomic mass is 79.9. The molecule has 9 heteroatoms. The predicted molar refractivity (Wildman–Crippen MR) is 145 cm³/mol. The molecule has 0 unspecified atom stereocenters. The van der Waals surface area contributed by atoms with Crippen LogP contribution in [0.2, 0.25) is 0 Å². The van der Waals surface area contributed by atoms with Crippen LogP contribution < -0.4 is 25.0 Å². The lowest BCUT2D eigenvalue weighted by Gasteiger charge is -2.20. The number of aryl methyl sites for hydroxylation is 1. The van der Waals surface area contributed by atoms with Crippen LogP contribution in [0.1, 0.15) is 39.8 Å². The van der Waals surface area contributed by atoms with E-state index >= 15 is 0 Å². The van der Waals surface area contributed by atoms with Gasteiger partial charge in [-0.3, -0.25) is 9.59 Å². The third-order valence-electron chi connectivity index (χ3n) is 6.20. The van der Waals surface area contributed by atoms with E-state index in [9.17, 15) is 9.59 Å². The molecule has 0 saturated carbocycles.